The number of rotatable bonds is 6. The van der Waals surface area contributed by atoms with E-state index in [0.717, 1.165) is 11.3 Å². The molecule has 0 bridgehead atoms. The van der Waals surface area contributed by atoms with E-state index in [1.807, 2.05) is 53.9 Å². The highest BCUT2D eigenvalue weighted by molar-refractivity contribution is 7.14. The average molecular weight is 352 g/mol. The molecule has 2 N–H and O–H groups in total. The average Bonchev–Trinajstić information content (AvgIpc) is 3.10. The molecule has 0 saturated heterocycles. The number of hydrogen-bond donors (Lipinski definition) is 2. The number of aromatic nitrogens is 2. The van der Waals surface area contributed by atoms with Gasteiger partial charge in [0.05, 0.1) is 18.7 Å². The number of thiazole rings is 1. The number of nitrogens with one attached hydrogen (secondary N) is 2. The van der Waals surface area contributed by atoms with Crippen LogP contribution in [0.4, 0.5) is 5.13 Å². The van der Waals surface area contributed by atoms with Crippen LogP contribution in [0.2, 0.25) is 0 Å². The normalized spacial score (nSPS) is 10.2. The predicted octanol–water partition coefficient (Wildman–Crippen LogP) is 2.50. The Bertz CT molecular complexity index is 850. The van der Waals surface area contributed by atoms with Gasteiger partial charge in [-0.05, 0) is 17.7 Å². The van der Waals surface area contributed by atoms with E-state index in [1.54, 1.807) is 6.20 Å². The lowest BCUT2D eigenvalue weighted by Gasteiger charge is -2.05. The van der Waals surface area contributed by atoms with Gasteiger partial charge in [0.25, 0.3) is 0 Å². The van der Waals surface area contributed by atoms with Crippen molar-refractivity contribution in [1.82, 2.24) is 15.3 Å². The van der Waals surface area contributed by atoms with Crippen molar-refractivity contribution in [2.24, 2.45) is 0 Å². The first-order valence-corrected chi connectivity index (χ1v) is 8.56. The zero-order valence-electron chi connectivity index (χ0n) is 13.3. The molecule has 6 nitrogen and oxygen atoms in total. The molecule has 2 heterocycles. The van der Waals surface area contributed by atoms with E-state index < -0.39 is 0 Å². The quantitative estimate of drug-likeness (QED) is 0.714. The van der Waals surface area contributed by atoms with Crippen molar-refractivity contribution in [3.8, 4) is 11.4 Å². The van der Waals surface area contributed by atoms with Crippen LogP contribution in [0.3, 0.4) is 0 Å². The van der Waals surface area contributed by atoms with Gasteiger partial charge in [-0.1, -0.05) is 36.4 Å². The van der Waals surface area contributed by atoms with Gasteiger partial charge in [0.2, 0.25) is 11.8 Å². The first-order valence-electron chi connectivity index (χ1n) is 7.68. The van der Waals surface area contributed by atoms with Gasteiger partial charge in [-0.25, -0.2) is 4.98 Å². The largest absolute Gasteiger partial charge is 0.347 e. The molecule has 0 fully saturated rings. The monoisotopic (exact) mass is 352 g/mol. The van der Waals surface area contributed by atoms with Crippen molar-refractivity contribution >= 4 is 28.3 Å². The number of amides is 2. The molecular weight excluding hydrogens is 336 g/mol. The molecule has 0 saturated carbocycles. The maximum absolute atomic E-state index is 11.9. The van der Waals surface area contributed by atoms with Gasteiger partial charge in [-0.15, -0.1) is 11.3 Å². The number of carbonyl (C=O) groups excluding carboxylic acids is 2. The Labute approximate surface area is 149 Å². The molecule has 0 atom stereocenters. The molecule has 0 aliphatic heterocycles. The van der Waals surface area contributed by atoms with Crippen LogP contribution < -0.4 is 10.6 Å². The van der Waals surface area contributed by atoms with Crippen LogP contribution in [-0.4, -0.2) is 28.3 Å². The van der Waals surface area contributed by atoms with Crippen molar-refractivity contribution in [1.29, 1.82) is 0 Å². The van der Waals surface area contributed by atoms with Crippen molar-refractivity contribution in [3.05, 3.63) is 65.7 Å². The fraction of sp³-hybridized carbons (Fsp3) is 0.111. The van der Waals surface area contributed by atoms with Gasteiger partial charge in [0.1, 0.15) is 5.69 Å². The summed E-state index contributed by atoms with van der Waals surface area (Å²) in [5.74, 6) is -0.516. The first-order chi connectivity index (χ1) is 12.2. The van der Waals surface area contributed by atoms with E-state index in [-0.39, 0.29) is 24.8 Å². The molecule has 0 unspecified atom stereocenters. The summed E-state index contributed by atoms with van der Waals surface area (Å²) in [6, 6.07) is 14.9. The minimum Gasteiger partial charge on any atom is -0.347 e. The summed E-state index contributed by atoms with van der Waals surface area (Å²) in [6.07, 6.45) is 1.93. The third kappa shape index (κ3) is 4.95. The van der Waals surface area contributed by atoms with E-state index in [1.165, 1.54) is 11.3 Å². The summed E-state index contributed by atoms with van der Waals surface area (Å²) in [5.41, 5.74) is 2.35. The smallest absolute Gasteiger partial charge is 0.245 e. The summed E-state index contributed by atoms with van der Waals surface area (Å²) in [7, 11) is 0. The van der Waals surface area contributed by atoms with Gasteiger partial charge in [-0.2, -0.15) is 0 Å². The minimum absolute atomic E-state index is 0.0931. The molecule has 0 spiro atoms. The Kier molecular flexibility index (Phi) is 5.48. The summed E-state index contributed by atoms with van der Waals surface area (Å²) >= 11 is 1.31. The summed E-state index contributed by atoms with van der Waals surface area (Å²) < 4.78 is 0. The number of anilines is 1. The Balaban J connectivity index is 1.48. The summed E-state index contributed by atoms with van der Waals surface area (Å²) in [4.78, 5) is 32.3. The van der Waals surface area contributed by atoms with Crippen LogP contribution in [0.5, 0.6) is 0 Å². The van der Waals surface area contributed by atoms with Crippen molar-refractivity contribution in [3.63, 3.8) is 0 Å². The van der Waals surface area contributed by atoms with E-state index >= 15 is 0 Å². The minimum atomic E-state index is -0.316. The lowest BCUT2D eigenvalue weighted by atomic mass is 10.1. The zero-order valence-corrected chi connectivity index (χ0v) is 14.1. The first kappa shape index (κ1) is 16.8. The molecule has 3 rings (SSSR count). The van der Waals surface area contributed by atoms with E-state index in [9.17, 15) is 9.59 Å². The Morgan fingerprint density at radius 2 is 1.76 bits per heavy atom. The standard InChI is InChI=1S/C18H16N4O2S/c23-16(10-13-6-2-1-3-7-13)20-11-17(24)22-18-21-15(12-25-18)14-8-4-5-9-19-14/h1-9,12H,10-11H2,(H,20,23)(H,21,22,24). The van der Waals surface area contributed by atoms with Gasteiger partial charge >= 0.3 is 0 Å². The number of carbonyl (C=O) groups is 2. The summed E-state index contributed by atoms with van der Waals surface area (Å²) in [5, 5.41) is 7.58. The van der Waals surface area contributed by atoms with Gasteiger partial charge in [-0.3, -0.25) is 14.6 Å². The number of nitrogens with zero attached hydrogens (tertiary/aromatic N) is 2. The SMILES string of the molecule is O=C(Cc1ccccc1)NCC(=O)Nc1nc(-c2ccccn2)cs1. The van der Waals surface area contributed by atoms with Crippen LogP contribution in [0, 0.1) is 0 Å². The molecule has 0 aliphatic carbocycles. The molecule has 2 aromatic heterocycles. The predicted molar refractivity (Wildman–Crippen MR) is 97.1 cm³/mol. The van der Waals surface area contributed by atoms with Crippen LogP contribution in [0.25, 0.3) is 11.4 Å². The van der Waals surface area contributed by atoms with Crippen LogP contribution in [0.1, 0.15) is 5.56 Å². The maximum Gasteiger partial charge on any atom is 0.245 e. The Morgan fingerprint density at radius 1 is 0.960 bits per heavy atom. The lowest BCUT2D eigenvalue weighted by molar-refractivity contribution is -0.123. The van der Waals surface area contributed by atoms with Crippen molar-refractivity contribution < 1.29 is 9.59 Å². The second-order valence-corrected chi connectivity index (χ2v) is 6.10. The molecule has 1 aromatic carbocycles. The van der Waals surface area contributed by atoms with Gasteiger partial charge in [0, 0.05) is 11.6 Å². The highest BCUT2D eigenvalue weighted by atomic mass is 32.1. The second-order valence-electron chi connectivity index (χ2n) is 5.24. The Morgan fingerprint density at radius 3 is 2.52 bits per heavy atom. The van der Waals surface area contributed by atoms with Gasteiger partial charge < -0.3 is 10.6 Å². The van der Waals surface area contributed by atoms with Gasteiger partial charge in [0.15, 0.2) is 5.13 Å². The molecule has 2 amide bonds. The molecule has 3 aromatic rings. The van der Waals surface area contributed by atoms with Crippen molar-refractivity contribution in [2.45, 2.75) is 6.42 Å². The fourth-order valence-electron chi connectivity index (χ4n) is 2.15. The van der Waals surface area contributed by atoms with Crippen LogP contribution in [0.15, 0.2) is 60.1 Å². The highest BCUT2D eigenvalue weighted by Gasteiger charge is 2.10. The number of hydrogen-bond acceptors (Lipinski definition) is 5. The number of pyridine rings is 1. The lowest BCUT2D eigenvalue weighted by Crippen LogP contribution is -2.33. The summed E-state index contributed by atoms with van der Waals surface area (Å²) in [6.45, 7) is -0.0931. The van der Waals surface area contributed by atoms with Crippen molar-refractivity contribution in [2.75, 3.05) is 11.9 Å². The molecule has 0 aliphatic rings. The number of benzene rings is 1. The van der Waals surface area contributed by atoms with E-state index in [2.05, 4.69) is 20.6 Å². The van der Waals surface area contributed by atoms with Crippen LogP contribution >= 0.6 is 11.3 Å². The maximum atomic E-state index is 11.9. The molecule has 7 heteroatoms. The molecular formula is C18H16N4O2S. The fourth-order valence-corrected chi connectivity index (χ4v) is 2.87. The third-order valence-electron chi connectivity index (χ3n) is 3.33. The molecule has 25 heavy (non-hydrogen) atoms. The van der Waals surface area contributed by atoms with Crippen LogP contribution in [-0.2, 0) is 16.0 Å². The highest BCUT2D eigenvalue weighted by Crippen LogP contribution is 2.22. The zero-order chi connectivity index (χ0) is 17.5. The second kappa shape index (κ2) is 8.16. The topological polar surface area (TPSA) is 84.0 Å². The Hall–Kier alpha value is -3.06. The van der Waals surface area contributed by atoms with E-state index in [4.69, 9.17) is 0 Å². The third-order valence-corrected chi connectivity index (χ3v) is 4.09. The molecule has 126 valence electrons. The molecule has 0 radical (unpaired) electrons. The van der Waals surface area contributed by atoms with E-state index in [0.29, 0.717) is 10.8 Å².